The van der Waals surface area contributed by atoms with Crippen LogP contribution < -0.4 is 10.2 Å². The average Bonchev–Trinajstić information content (AvgIpc) is 3.07. The fraction of sp³-hybridized carbons (Fsp3) is 0.450. The van der Waals surface area contributed by atoms with Crippen LogP contribution in [0.15, 0.2) is 30.3 Å². The zero-order valence-corrected chi connectivity index (χ0v) is 17.9. The van der Waals surface area contributed by atoms with Gasteiger partial charge >= 0.3 is 6.36 Å². The Labute approximate surface area is 182 Å². The lowest BCUT2D eigenvalue weighted by Crippen LogP contribution is -2.27. The minimum Gasteiger partial charge on any atom is -0.406 e. The van der Waals surface area contributed by atoms with Gasteiger partial charge in [0.1, 0.15) is 17.5 Å². The molecular formula is C20H25F3N2O5S. The standard InChI is InChI=1S/C20H25F3N2O5S/c1-3-16-10-14(19(31-16)24-29-12-25(2)9-8-18(27)28)11-17(26)13-4-6-15(7-5-13)30-20(21,22)23/h4-7,10,18,24,27-28H,3,8-9,11-12H2,1-2H3. The lowest BCUT2D eigenvalue weighted by Gasteiger charge is -2.17. The Morgan fingerprint density at radius 3 is 2.52 bits per heavy atom. The lowest BCUT2D eigenvalue weighted by atomic mass is 10.0. The van der Waals surface area contributed by atoms with E-state index in [9.17, 15) is 18.0 Å². The number of anilines is 1. The van der Waals surface area contributed by atoms with Gasteiger partial charge < -0.3 is 14.9 Å². The zero-order chi connectivity index (χ0) is 23.0. The van der Waals surface area contributed by atoms with E-state index in [1.807, 2.05) is 13.0 Å². The maximum absolute atomic E-state index is 12.6. The van der Waals surface area contributed by atoms with E-state index in [2.05, 4.69) is 10.2 Å². The number of thiophene rings is 1. The van der Waals surface area contributed by atoms with Crippen LogP contribution in [-0.2, 0) is 17.7 Å². The molecule has 0 spiro atoms. The van der Waals surface area contributed by atoms with E-state index in [1.54, 1.807) is 11.9 Å². The number of alkyl halides is 3. The highest BCUT2D eigenvalue weighted by Crippen LogP contribution is 2.30. The first-order valence-corrected chi connectivity index (χ1v) is 10.3. The molecule has 0 aliphatic heterocycles. The van der Waals surface area contributed by atoms with Crippen molar-refractivity contribution in [1.82, 2.24) is 4.90 Å². The van der Waals surface area contributed by atoms with Crippen molar-refractivity contribution in [1.29, 1.82) is 0 Å². The van der Waals surface area contributed by atoms with Crippen molar-refractivity contribution in [2.75, 3.05) is 25.8 Å². The summed E-state index contributed by atoms with van der Waals surface area (Å²) in [5.41, 5.74) is 3.82. The molecule has 172 valence electrons. The molecule has 0 saturated heterocycles. The number of aliphatic hydroxyl groups excluding tert-OH is 1. The molecule has 0 radical (unpaired) electrons. The normalized spacial score (nSPS) is 11.9. The van der Waals surface area contributed by atoms with Crippen LogP contribution in [0.3, 0.4) is 0 Å². The molecule has 2 rings (SSSR count). The number of rotatable bonds is 12. The molecule has 0 atom stereocenters. The molecule has 0 saturated carbocycles. The van der Waals surface area contributed by atoms with Crippen molar-refractivity contribution in [3.8, 4) is 5.75 Å². The number of nitrogens with one attached hydrogen (secondary N) is 1. The molecule has 7 nitrogen and oxygen atoms in total. The number of carbonyl (C=O) groups excluding carboxylic acids is 1. The Balaban J connectivity index is 1.97. The summed E-state index contributed by atoms with van der Waals surface area (Å²) in [7, 11) is 1.76. The van der Waals surface area contributed by atoms with Gasteiger partial charge in [-0.2, -0.15) is 0 Å². The summed E-state index contributed by atoms with van der Waals surface area (Å²) in [5, 5.41) is 18.5. The average molecular weight is 462 g/mol. The van der Waals surface area contributed by atoms with Crippen LogP contribution in [0.25, 0.3) is 0 Å². The van der Waals surface area contributed by atoms with Gasteiger partial charge in [0.05, 0.1) is 0 Å². The Kier molecular flexibility index (Phi) is 9.26. The number of Topliss-reactive ketones (excluding diaryl/α,β-unsaturated/α-hetero) is 1. The van der Waals surface area contributed by atoms with Crippen LogP contribution in [0.5, 0.6) is 5.75 Å². The molecule has 11 heteroatoms. The SMILES string of the molecule is CCc1cc(CC(=O)c2ccc(OC(F)(F)F)cc2)c(NOCN(C)CCC(O)O)s1. The number of nitrogens with zero attached hydrogens (tertiary/aromatic N) is 1. The van der Waals surface area contributed by atoms with Gasteiger partial charge in [0.2, 0.25) is 0 Å². The highest BCUT2D eigenvalue weighted by Gasteiger charge is 2.31. The number of halogens is 3. The Hall–Kier alpha value is -2.18. The van der Waals surface area contributed by atoms with Crippen LogP contribution >= 0.6 is 11.3 Å². The Bertz CT molecular complexity index is 840. The molecule has 0 aliphatic carbocycles. The first-order valence-electron chi connectivity index (χ1n) is 9.50. The second-order valence-electron chi connectivity index (χ2n) is 6.82. The zero-order valence-electron chi connectivity index (χ0n) is 17.1. The fourth-order valence-electron chi connectivity index (χ4n) is 2.60. The third-order valence-corrected chi connectivity index (χ3v) is 5.41. The molecule has 2 aromatic rings. The predicted molar refractivity (Wildman–Crippen MR) is 110 cm³/mol. The van der Waals surface area contributed by atoms with Gasteiger partial charge in [-0.05, 0) is 49.4 Å². The van der Waals surface area contributed by atoms with Crippen LogP contribution in [-0.4, -0.2) is 53.9 Å². The van der Waals surface area contributed by atoms with E-state index in [0.29, 0.717) is 11.5 Å². The lowest BCUT2D eigenvalue weighted by molar-refractivity contribution is -0.274. The highest BCUT2D eigenvalue weighted by atomic mass is 32.1. The molecule has 3 N–H and O–H groups in total. The summed E-state index contributed by atoms with van der Waals surface area (Å²) < 4.78 is 40.6. The first-order chi connectivity index (χ1) is 14.6. The van der Waals surface area contributed by atoms with Gasteiger partial charge in [-0.1, -0.05) is 6.92 Å². The first kappa shape index (κ1) is 25.1. The van der Waals surface area contributed by atoms with Crippen LogP contribution in [0.1, 0.15) is 34.1 Å². The van der Waals surface area contributed by atoms with Crippen molar-refractivity contribution in [3.63, 3.8) is 0 Å². The van der Waals surface area contributed by atoms with Gasteiger partial charge in [-0.3, -0.25) is 20.0 Å². The summed E-state index contributed by atoms with van der Waals surface area (Å²) >= 11 is 1.44. The highest BCUT2D eigenvalue weighted by molar-refractivity contribution is 7.16. The minimum atomic E-state index is -4.79. The number of benzene rings is 1. The third-order valence-electron chi connectivity index (χ3n) is 4.19. The molecule has 1 aromatic heterocycles. The molecule has 1 heterocycles. The number of hydrogen-bond donors (Lipinski definition) is 3. The maximum atomic E-state index is 12.6. The van der Waals surface area contributed by atoms with Gasteiger partial charge in [-0.25, -0.2) is 0 Å². The summed E-state index contributed by atoms with van der Waals surface area (Å²) in [4.78, 5) is 20.8. The maximum Gasteiger partial charge on any atom is 0.573 e. The molecule has 31 heavy (non-hydrogen) atoms. The summed E-state index contributed by atoms with van der Waals surface area (Å²) in [6.07, 6.45) is -5.16. The number of ketones is 1. The van der Waals surface area contributed by atoms with Crippen LogP contribution in [0.4, 0.5) is 18.2 Å². The molecule has 0 amide bonds. The summed E-state index contributed by atoms with van der Waals surface area (Å²) in [6.45, 7) is 2.58. The Morgan fingerprint density at radius 2 is 1.94 bits per heavy atom. The topological polar surface area (TPSA) is 91.3 Å². The number of aryl methyl sites for hydroxylation is 1. The molecule has 0 fully saturated rings. The van der Waals surface area contributed by atoms with E-state index < -0.39 is 12.7 Å². The predicted octanol–water partition coefficient (Wildman–Crippen LogP) is 3.57. The largest absolute Gasteiger partial charge is 0.573 e. The van der Waals surface area contributed by atoms with Gasteiger partial charge in [0.15, 0.2) is 12.1 Å². The fourth-order valence-corrected chi connectivity index (χ4v) is 3.57. The van der Waals surface area contributed by atoms with Crippen molar-refractivity contribution < 1.29 is 37.8 Å². The monoisotopic (exact) mass is 462 g/mol. The van der Waals surface area contributed by atoms with E-state index >= 15 is 0 Å². The van der Waals surface area contributed by atoms with Crippen molar-refractivity contribution >= 4 is 22.1 Å². The van der Waals surface area contributed by atoms with E-state index in [4.69, 9.17) is 15.1 Å². The summed E-state index contributed by atoms with van der Waals surface area (Å²) in [6, 6.07) is 6.69. The molecular weight excluding hydrogens is 437 g/mol. The van der Waals surface area contributed by atoms with Crippen molar-refractivity contribution in [3.05, 3.63) is 46.3 Å². The molecule has 0 unspecified atom stereocenters. The minimum absolute atomic E-state index is 0.0498. The second kappa shape index (κ2) is 11.4. The van der Waals surface area contributed by atoms with Crippen LogP contribution in [0.2, 0.25) is 0 Å². The van der Waals surface area contributed by atoms with Crippen LogP contribution in [0, 0.1) is 0 Å². The van der Waals surface area contributed by atoms with Crippen molar-refractivity contribution in [2.24, 2.45) is 0 Å². The van der Waals surface area contributed by atoms with E-state index in [1.165, 1.54) is 23.5 Å². The number of ether oxygens (including phenoxy) is 1. The molecule has 0 aliphatic rings. The quantitative estimate of drug-likeness (QED) is 0.252. The van der Waals surface area contributed by atoms with Gasteiger partial charge in [-0.15, -0.1) is 24.5 Å². The third kappa shape index (κ3) is 8.83. The van der Waals surface area contributed by atoms with Crippen molar-refractivity contribution in [2.45, 2.75) is 38.8 Å². The summed E-state index contributed by atoms with van der Waals surface area (Å²) in [5.74, 6) is -0.641. The van der Waals surface area contributed by atoms with E-state index in [0.717, 1.165) is 29.0 Å². The molecule has 1 aromatic carbocycles. The Morgan fingerprint density at radius 1 is 1.26 bits per heavy atom. The second-order valence-corrected chi connectivity index (χ2v) is 7.95. The number of aliphatic hydroxyl groups is 2. The van der Waals surface area contributed by atoms with E-state index in [-0.39, 0.29) is 36.7 Å². The molecule has 0 bridgehead atoms. The van der Waals surface area contributed by atoms with Gasteiger partial charge in [0.25, 0.3) is 0 Å². The number of hydrogen-bond acceptors (Lipinski definition) is 8. The smallest absolute Gasteiger partial charge is 0.406 e. The number of carbonyl (C=O) groups is 1. The van der Waals surface area contributed by atoms with Gasteiger partial charge in [0, 0.05) is 29.8 Å².